The number of aryl methyl sites for hydroxylation is 1. The Kier molecular flexibility index (Phi) is 7.28. The Morgan fingerprint density at radius 3 is 2.61 bits per heavy atom. The third kappa shape index (κ3) is 5.68. The molecule has 0 radical (unpaired) electrons. The molecule has 0 heterocycles. The van der Waals surface area contributed by atoms with Gasteiger partial charge in [-0.15, -0.1) is 0 Å². The molecule has 2 aromatic rings. The first-order valence-electron chi connectivity index (χ1n) is 8.85. The molecule has 0 unspecified atom stereocenters. The van der Waals surface area contributed by atoms with Gasteiger partial charge in [-0.1, -0.05) is 31.5 Å². The number of unbranched alkanes of at least 4 members (excludes halogenated alkanes) is 1. The zero-order valence-corrected chi connectivity index (χ0v) is 15.8. The number of nitro benzene ring substituents is 1. The van der Waals surface area contributed by atoms with Crippen LogP contribution in [0.3, 0.4) is 0 Å². The molecule has 1 amide bonds. The van der Waals surface area contributed by atoms with Gasteiger partial charge in [-0.25, -0.2) is 0 Å². The molecular weight excluding hydrogens is 358 g/mol. The van der Waals surface area contributed by atoms with Crippen LogP contribution in [-0.2, 0) is 4.79 Å². The average molecular weight is 379 g/mol. The first kappa shape index (κ1) is 20.6. The predicted octanol–water partition coefficient (Wildman–Crippen LogP) is 4.63. The largest absolute Gasteiger partial charge is 0.494 e. The topological polar surface area (TPSA) is 105 Å². The highest BCUT2D eigenvalue weighted by Gasteiger charge is 2.14. The first-order chi connectivity index (χ1) is 13.4. The summed E-state index contributed by atoms with van der Waals surface area (Å²) in [5, 5.41) is 22.8. The molecule has 0 atom stereocenters. The number of nitriles is 1. The molecular formula is C21H21N3O4. The fourth-order valence-corrected chi connectivity index (χ4v) is 2.36. The van der Waals surface area contributed by atoms with Crippen molar-refractivity contribution in [3.63, 3.8) is 0 Å². The summed E-state index contributed by atoms with van der Waals surface area (Å²) in [7, 11) is 0. The Morgan fingerprint density at radius 2 is 2.00 bits per heavy atom. The van der Waals surface area contributed by atoms with E-state index in [0.29, 0.717) is 23.4 Å². The highest BCUT2D eigenvalue weighted by atomic mass is 16.6. The lowest BCUT2D eigenvalue weighted by atomic mass is 10.1. The van der Waals surface area contributed by atoms with E-state index in [2.05, 4.69) is 12.2 Å². The van der Waals surface area contributed by atoms with Gasteiger partial charge in [0.1, 0.15) is 17.4 Å². The SMILES string of the molecule is CCCCOc1ccc(/C=C(\C#N)C(=O)Nc2cc([N+](=O)[O-])ccc2C)cc1. The minimum atomic E-state index is -0.630. The van der Waals surface area contributed by atoms with Crippen molar-refractivity contribution >= 4 is 23.4 Å². The van der Waals surface area contributed by atoms with Crippen LogP contribution in [0.2, 0.25) is 0 Å². The summed E-state index contributed by atoms with van der Waals surface area (Å²) in [5.41, 5.74) is 1.38. The smallest absolute Gasteiger partial charge is 0.271 e. The highest BCUT2D eigenvalue weighted by molar-refractivity contribution is 6.10. The van der Waals surface area contributed by atoms with Gasteiger partial charge in [-0.3, -0.25) is 14.9 Å². The number of carbonyl (C=O) groups is 1. The Morgan fingerprint density at radius 1 is 1.29 bits per heavy atom. The van der Waals surface area contributed by atoms with Crippen LogP contribution in [0.4, 0.5) is 11.4 Å². The second-order valence-electron chi connectivity index (χ2n) is 6.15. The van der Waals surface area contributed by atoms with E-state index in [1.54, 1.807) is 37.3 Å². The molecule has 7 heteroatoms. The standard InChI is InChI=1S/C21H21N3O4/c1-3-4-11-28-19-9-6-16(7-10-19)12-17(14-22)21(25)23-20-13-18(24(26)27)8-5-15(20)2/h5-10,12-13H,3-4,11H2,1-2H3,(H,23,25)/b17-12+. The molecule has 0 saturated heterocycles. The number of rotatable bonds is 8. The van der Waals surface area contributed by atoms with Crippen LogP contribution in [0.5, 0.6) is 5.75 Å². The fourth-order valence-electron chi connectivity index (χ4n) is 2.36. The molecule has 0 fully saturated rings. The zero-order chi connectivity index (χ0) is 20.5. The van der Waals surface area contributed by atoms with Crippen molar-refractivity contribution in [3.05, 3.63) is 69.3 Å². The number of carbonyl (C=O) groups excluding carboxylic acids is 1. The van der Waals surface area contributed by atoms with Crippen LogP contribution in [-0.4, -0.2) is 17.4 Å². The molecule has 0 aliphatic carbocycles. The number of benzene rings is 2. The van der Waals surface area contributed by atoms with Gasteiger partial charge in [-0.05, 0) is 42.7 Å². The van der Waals surface area contributed by atoms with Crippen molar-refractivity contribution in [1.82, 2.24) is 0 Å². The summed E-state index contributed by atoms with van der Waals surface area (Å²) in [6.45, 7) is 4.44. The molecule has 1 N–H and O–H groups in total. The Bertz CT molecular complexity index is 928. The quantitative estimate of drug-likeness (QED) is 0.237. The molecule has 28 heavy (non-hydrogen) atoms. The van der Waals surface area contributed by atoms with E-state index in [0.717, 1.165) is 18.6 Å². The fraction of sp³-hybridized carbons (Fsp3) is 0.238. The van der Waals surface area contributed by atoms with Crippen molar-refractivity contribution < 1.29 is 14.5 Å². The molecule has 0 spiro atoms. The monoisotopic (exact) mass is 379 g/mol. The van der Waals surface area contributed by atoms with E-state index in [4.69, 9.17) is 4.74 Å². The summed E-state index contributed by atoms with van der Waals surface area (Å²) < 4.78 is 5.58. The van der Waals surface area contributed by atoms with Crippen molar-refractivity contribution in [3.8, 4) is 11.8 Å². The number of nitro groups is 1. The Labute approximate surface area is 163 Å². The van der Waals surface area contributed by atoms with Crippen LogP contribution in [0, 0.1) is 28.4 Å². The van der Waals surface area contributed by atoms with Gasteiger partial charge in [0.05, 0.1) is 17.2 Å². The lowest BCUT2D eigenvalue weighted by Crippen LogP contribution is -2.14. The third-order valence-electron chi connectivity index (χ3n) is 4.00. The van der Waals surface area contributed by atoms with Crippen LogP contribution < -0.4 is 10.1 Å². The number of hydrogen-bond donors (Lipinski definition) is 1. The van der Waals surface area contributed by atoms with Crippen LogP contribution in [0.15, 0.2) is 48.0 Å². The zero-order valence-electron chi connectivity index (χ0n) is 15.8. The minimum Gasteiger partial charge on any atom is -0.494 e. The van der Waals surface area contributed by atoms with Crippen molar-refractivity contribution in [2.45, 2.75) is 26.7 Å². The summed E-state index contributed by atoms with van der Waals surface area (Å²) in [6, 6.07) is 13.1. The summed E-state index contributed by atoms with van der Waals surface area (Å²) in [4.78, 5) is 22.8. The van der Waals surface area contributed by atoms with Gasteiger partial charge in [0.25, 0.3) is 11.6 Å². The number of nitrogens with zero attached hydrogens (tertiary/aromatic N) is 2. The maximum Gasteiger partial charge on any atom is 0.271 e. The van der Waals surface area contributed by atoms with E-state index in [9.17, 15) is 20.2 Å². The van der Waals surface area contributed by atoms with E-state index in [1.807, 2.05) is 6.07 Å². The maximum absolute atomic E-state index is 12.4. The molecule has 0 aliphatic rings. The number of hydrogen-bond acceptors (Lipinski definition) is 5. The van der Waals surface area contributed by atoms with Gasteiger partial charge in [-0.2, -0.15) is 5.26 Å². The van der Waals surface area contributed by atoms with E-state index in [-0.39, 0.29) is 11.3 Å². The number of amides is 1. The molecule has 144 valence electrons. The molecule has 0 aliphatic heterocycles. The minimum absolute atomic E-state index is 0.106. The molecule has 0 saturated carbocycles. The summed E-state index contributed by atoms with van der Waals surface area (Å²) in [5.74, 6) is 0.0927. The molecule has 7 nitrogen and oxygen atoms in total. The Balaban J connectivity index is 2.14. The van der Waals surface area contributed by atoms with E-state index in [1.165, 1.54) is 18.2 Å². The van der Waals surface area contributed by atoms with Crippen molar-refractivity contribution in [2.24, 2.45) is 0 Å². The molecule has 2 aromatic carbocycles. The first-order valence-corrected chi connectivity index (χ1v) is 8.85. The van der Waals surface area contributed by atoms with Crippen LogP contribution >= 0.6 is 0 Å². The van der Waals surface area contributed by atoms with Crippen LogP contribution in [0.25, 0.3) is 6.08 Å². The summed E-state index contributed by atoms with van der Waals surface area (Å²) in [6.07, 6.45) is 3.47. The van der Waals surface area contributed by atoms with Gasteiger partial charge in [0, 0.05) is 12.1 Å². The third-order valence-corrected chi connectivity index (χ3v) is 4.00. The number of non-ortho nitro benzene ring substituents is 1. The second kappa shape index (κ2) is 9.88. The molecule has 2 rings (SSSR count). The van der Waals surface area contributed by atoms with Crippen LogP contribution in [0.1, 0.15) is 30.9 Å². The normalized spacial score (nSPS) is 10.8. The predicted molar refractivity (Wildman–Crippen MR) is 107 cm³/mol. The maximum atomic E-state index is 12.4. The molecule has 0 bridgehead atoms. The van der Waals surface area contributed by atoms with E-state index < -0.39 is 10.8 Å². The van der Waals surface area contributed by atoms with Gasteiger partial charge in [0.15, 0.2) is 0 Å². The lowest BCUT2D eigenvalue weighted by Gasteiger charge is -2.08. The molecule has 0 aromatic heterocycles. The van der Waals surface area contributed by atoms with Gasteiger partial charge >= 0.3 is 0 Å². The number of ether oxygens (including phenoxy) is 1. The van der Waals surface area contributed by atoms with Crippen molar-refractivity contribution in [2.75, 3.05) is 11.9 Å². The van der Waals surface area contributed by atoms with Gasteiger partial charge < -0.3 is 10.1 Å². The van der Waals surface area contributed by atoms with E-state index >= 15 is 0 Å². The summed E-state index contributed by atoms with van der Waals surface area (Å²) >= 11 is 0. The van der Waals surface area contributed by atoms with Crippen molar-refractivity contribution in [1.29, 1.82) is 5.26 Å². The average Bonchev–Trinajstić information content (AvgIpc) is 2.68. The number of nitrogens with one attached hydrogen (secondary N) is 1. The number of anilines is 1. The van der Waals surface area contributed by atoms with Gasteiger partial charge in [0.2, 0.25) is 0 Å². The highest BCUT2D eigenvalue weighted by Crippen LogP contribution is 2.23. The Hall–Kier alpha value is -3.66. The lowest BCUT2D eigenvalue weighted by molar-refractivity contribution is -0.384. The second-order valence-corrected chi connectivity index (χ2v) is 6.15.